The molecule has 0 fully saturated rings. The zero-order valence-electron chi connectivity index (χ0n) is 10.1. The van der Waals surface area contributed by atoms with E-state index >= 15 is 0 Å². The topological polar surface area (TPSA) is 80.4 Å². The molecule has 2 N–H and O–H groups in total. The van der Waals surface area contributed by atoms with Crippen LogP contribution in [0.15, 0.2) is 28.8 Å². The third-order valence-corrected chi connectivity index (χ3v) is 2.26. The van der Waals surface area contributed by atoms with Gasteiger partial charge >= 0.3 is 0 Å². The molecule has 0 spiro atoms. The molecule has 0 bridgehead atoms. The molecule has 1 heterocycles. The Morgan fingerprint density at radius 3 is 2.83 bits per heavy atom. The van der Waals surface area contributed by atoms with Gasteiger partial charge in [-0.1, -0.05) is 5.16 Å². The molecule has 0 aliphatic heterocycles. The molecule has 2 rings (SSSR count). The molecule has 6 nitrogen and oxygen atoms in total. The number of rotatable bonds is 6. The molecule has 2 aromatic rings. The number of phenols is 1. The maximum absolute atomic E-state index is 9.15. The minimum absolute atomic E-state index is 0.234. The van der Waals surface area contributed by atoms with E-state index < -0.39 is 0 Å². The number of anilines is 1. The highest BCUT2D eigenvalue weighted by molar-refractivity contribution is 5.45. The summed E-state index contributed by atoms with van der Waals surface area (Å²) in [5.74, 6) is 1.27. The van der Waals surface area contributed by atoms with Crippen LogP contribution in [0.3, 0.4) is 0 Å². The maximum Gasteiger partial charge on any atom is 0.246 e. The number of nitrogens with one attached hydrogen (secondary N) is 1. The summed E-state index contributed by atoms with van der Waals surface area (Å²) in [5, 5.41) is 16.0. The number of nitrogens with zero attached hydrogens (tertiary/aromatic N) is 2. The lowest BCUT2D eigenvalue weighted by atomic mass is 10.3. The average Bonchev–Trinajstić information content (AvgIpc) is 2.84. The normalized spacial score (nSPS) is 10.5. The van der Waals surface area contributed by atoms with Gasteiger partial charge in [0.2, 0.25) is 5.89 Å². The summed E-state index contributed by atoms with van der Waals surface area (Å²) in [5.41, 5.74) is 0.873. The van der Waals surface area contributed by atoms with Crippen LogP contribution in [0, 0.1) is 0 Å². The Kier molecular flexibility index (Phi) is 4.14. The first kappa shape index (κ1) is 12.4. The maximum atomic E-state index is 9.15. The van der Waals surface area contributed by atoms with Gasteiger partial charge in [0, 0.05) is 12.3 Å². The fraction of sp³-hybridized carbons (Fsp3) is 0.333. The molecule has 0 radical (unpaired) electrons. The Balaban J connectivity index is 1.86. The summed E-state index contributed by atoms with van der Waals surface area (Å²) in [6.45, 7) is 3.33. The molecule has 1 aromatic heterocycles. The van der Waals surface area contributed by atoms with Gasteiger partial charge in [-0.2, -0.15) is 4.98 Å². The smallest absolute Gasteiger partial charge is 0.246 e. The number of aromatic nitrogens is 2. The Bertz CT molecular complexity index is 482. The van der Waals surface area contributed by atoms with Crippen molar-refractivity contribution in [1.29, 1.82) is 0 Å². The van der Waals surface area contributed by atoms with Crippen molar-refractivity contribution in [3.8, 4) is 5.75 Å². The second kappa shape index (κ2) is 6.02. The molecule has 1 aromatic carbocycles. The van der Waals surface area contributed by atoms with Gasteiger partial charge in [-0.15, -0.1) is 0 Å². The van der Waals surface area contributed by atoms with E-state index in [9.17, 15) is 0 Å². The fourth-order valence-corrected chi connectivity index (χ4v) is 1.37. The molecule has 0 saturated heterocycles. The summed E-state index contributed by atoms with van der Waals surface area (Å²) in [6, 6.07) is 6.76. The van der Waals surface area contributed by atoms with Gasteiger partial charge in [-0.3, -0.25) is 0 Å². The van der Waals surface area contributed by atoms with Gasteiger partial charge < -0.3 is 19.7 Å². The third-order valence-electron chi connectivity index (χ3n) is 2.26. The van der Waals surface area contributed by atoms with E-state index in [1.54, 1.807) is 24.3 Å². The van der Waals surface area contributed by atoms with Crippen LogP contribution in [0.5, 0.6) is 5.75 Å². The highest BCUT2D eigenvalue weighted by atomic mass is 16.5. The zero-order valence-corrected chi connectivity index (χ0v) is 10.1. The zero-order chi connectivity index (χ0) is 12.8. The number of ether oxygens (including phenoxy) is 1. The second-order valence-corrected chi connectivity index (χ2v) is 3.64. The van der Waals surface area contributed by atoms with E-state index in [2.05, 4.69) is 15.5 Å². The van der Waals surface area contributed by atoms with Crippen molar-refractivity contribution in [3.63, 3.8) is 0 Å². The van der Waals surface area contributed by atoms with Crippen LogP contribution in [-0.2, 0) is 17.9 Å². The Morgan fingerprint density at radius 1 is 1.33 bits per heavy atom. The lowest BCUT2D eigenvalue weighted by molar-refractivity contribution is 0.126. The standard InChI is InChI=1S/C12H15N3O3/c1-2-17-8-11-14-12(18-15-11)7-13-9-3-5-10(16)6-4-9/h3-6,13,16H,2,7-8H2,1H3. The third kappa shape index (κ3) is 3.46. The number of hydrogen-bond donors (Lipinski definition) is 2. The SMILES string of the molecule is CCOCc1noc(CNc2ccc(O)cc2)n1. The number of phenolic OH excluding ortho intramolecular Hbond substituents is 1. The van der Waals surface area contributed by atoms with Crippen LogP contribution in [0.1, 0.15) is 18.6 Å². The first-order valence-electron chi connectivity index (χ1n) is 5.70. The van der Waals surface area contributed by atoms with Crippen molar-refractivity contribution >= 4 is 5.69 Å². The highest BCUT2D eigenvalue weighted by Gasteiger charge is 2.05. The van der Waals surface area contributed by atoms with Gasteiger partial charge in [0.15, 0.2) is 5.82 Å². The van der Waals surface area contributed by atoms with E-state index in [0.29, 0.717) is 31.5 Å². The van der Waals surface area contributed by atoms with Crippen molar-refractivity contribution in [2.45, 2.75) is 20.1 Å². The van der Waals surface area contributed by atoms with Crippen LogP contribution in [-0.4, -0.2) is 21.9 Å². The fourth-order valence-electron chi connectivity index (χ4n) is 1.37. The molecule has 0 saturated carbocycles. The van der Waals surface area contributed by atoms with Crippen LogP contribution in [0.25, 0.3) is 0 Å². The lowest BCUT2D eigenvalue weighted by Gasteiger charge is -2.02. The average molecular weight is 249 g/mol. The van der Waals surface area contributed by atoms with Crippen molar-refractivity contribution in [2.75, 3.05) is 11.9 Å². The molecular weight excluding hydrogens is 234 g/mol. The monoisotopic (exact) mass is 249 g/mol. The second-order valence-electron chi connectivity index (χ2n) is 3.64. The number of hydrogen-bond acceptors (Lipinski definition) is 6. The van der Waals surface area contributed by atoms with Crippen LogP contribution in [0.4, 0.5) is 5.69 Å². The summed E-state index contributed by atoms with van der Waals surface area (Å²) in [7, 11) is 0. The van der Waals surface area contributed by atoms with Gasteiger partial charge in [0.05, 0.1) is 6.54 Å². The van der Waals surface area contributed by atoms with Crippen molar-refractivity contribution < 1.29 is 14.4 Å². The predicted molar refractivity (Wildman–Crippen MR) is 65.1 cm³/mol. The molecule has 18 heavy (non-hydrogen) atoms. The van der Waals surface area contributed by atoms with Crippen molar-refractivity contribution in [3.05, 3.63) is 36.0 Å². The van der Waals surface area contributed by atoms with Crippen molar-refractivity contribution in [1.82, 2.24) is 10.1 Å². The van der Waals surface area contributed by atoms with E-state index in [0.717, 1.165) is 5.69 Å². The number of aromatic hydroxyl groups is 1. The molecule has 96 valence electrons. The molecule has 0 amide bonds. The van der Waals surface area contributed by atoms with E-state index in [4.69, 9.17) is 14.4 Å². The summed E-state index contributed by atoms with van der Waals surface area (Å²) in [6.07, 6.45) is 0. The van der Waals surface area contributed by atoms with E-state index in [1.165, 1.54) is 0 Å². The van der Waals surface area contributed by atoms with Crippen molar-refractivity contribution in [2.24, 2.45) is 0 Å². The summed E-state index contributed by atoms with van der Waals surface area (Å²) < 4.78 is 10.2. The van der Waals surface area contributed by atoms with Gasteiger partial charge in [-0.05, 0) is 31.2 Å². The lowest BCUT2D eigenvalue weighted by Crippen LogP contribution is -2.00. The minimum atomic E-state index is 0.234. The first-order valence-corrected chi connectivity index (χ1v) is 5.70. The summed E-state index contributed by atoms with van der Waals surface area (Å²) >= 11 is 0. The largest absolute Gasteiger partial charge is 0.508 e. The van der Waals surface area contributed by atoms with Gasteiger partial charge in [0.25, 0.3) is 0 Å². The van der Waals surface area contributed by atoms with Gasteiger partial charge in [-0.25, -0.2) is 0 Å². The quantitative estimate of drug-likeness (QED) is 0.761. The Hall–Kier alpha value is -2.08. The molecule has 0 unspecified atom stereocenters. The molecule has 0 aliphatic rings. The molecule has 0 aliphatic carbocycles. The van der Waals surface area contributed by atoms with Crippen LogP contribution >= 0.6 is 0 Å². The van der Waals surface area contributed by atoms with Gasteiger partial charge in [0.1, 0.15) is 12.4 Å². The first-order chi connectivity index (χ1) is 8.78. The molecule has 0 atom stereocenters. The predicted octanol–water partition coefficient (Wildman–Crippen LogP) is 1.92. The summed E-state index contributed by atoms with van der Waals surface area (Å²) in [4.78, 5) is 4.17. The van der Waals surface area contributed by atoms with Crippen LogP contribution in [0.2, 0.25) is 0 Å². The number of benzene rings is 1. The molecule has 6 heteroatoms. The Labute approximate surface area is 105 Å². The van der Waals surface area contributed by atoms with Crippen LogP contribution < -0.4 is 5.32 Å². The van der Waals surface area contributed by atoms with E-state index in [1.807, 2.05) is 6.92 Å². The highest BCUT2D eigenvalue weighted by Crippen LogP contribution is 2.14. The molecular formula is C12H15N3O3. The van der Waals surface area contributed by atoms with E-state index in [-0.39, 0.29) is 5.75 Å². The Morgan fingerprint density at radius 2 is 2.11 bits per heavy atom. The minimum Gasteiger partial charge on any atom is -0.508 e.